The van der Waals surface area contributed by atoms with E-state index in [2.05, 4.69) is 5.43 Å². The molecular formula is C13H18Cl2N2. The van der Waals surface area contributed by atoms with Crippen molar-refractivity contribution in [1.29, 1.82) is 0 Å². The van der Waals surface area contributed by atoms with Crippen molar-refractivity contribution in [2.75, 3.05) is 0 Å². The van der Waals surface area contributed by atoms with Crippen LogP contribution in [0.15, 0.2) is 18.2 Å². The Kier molecular flexibility index (Phi) is 4.69. The van der Waals surface area contributed by atoms with Gasteiger partial charge in [0.25, 0.3) is 0 Å². The van der Waals surface area contributed by atoms with Crippen LogP contribution in [0.1, 0.15) is 31.2 Å². The Hall–Kier alpha value is -0.280. The highest BCUT2D eigenvalue weighted by molar-refractivity contribution is 6.35. The number of nitrogens with one attached hydrogen (secondary N) is 1. The van der Waals surface area contributed by atoms with Crippen molar-refractivity contribution in [1.82, 2.24) is 5.43 Å². The van der Waals surface area contributed by atoms with E-state index in [0.29, 0.717) is 11.1 Å². The number of benzene rings is 1. The maximum Gasteiger partial charge on any atom is 0.0453 e. The first-order chi connectivity index (χ1) is 8.19. The van der Waals surface area contributed by atoms with Gasteiger partial charge in [0.1, 0.15) is 0 Å². The zero-order valence-electron chi connectivity index (χ0n) is 9.76. The molecule has 0 spiro atoms. The lowest BCUT2D eigenvalue weighted by molar-refractivity contribution is 0.462. The number of rotatable bonds is 6. The monoisotopic (exact) mass is 272 g/mol. The zero-order valence-corrected chi connectivity index (χ0v) is 11.3. The Bertz CT molecular complexity index is 378. The summed E-state index contributed by atoms with van der Waals surface area (Å²) in [5.74, 6) is 6.52. The van der Waals surface area contributed by atoms with Gasteiger partial charge in [-0.25, -0.2) is 0 Å². The maximum absolute atomic E-state index is 6.15. The second-order valence-electron chi connectivity index (χ2n) is 4.82. The van der Waals surface area contributed by atoms with E-state index in [-0.39, 0.29) is 0 Å². The first-order valence-corrected chi connectivity index (χ1v) is 6.84. The summed E-state index contributed by atoms with van der Waals surface area (Å²) < 4.78 is 0. The summed E-state index contributed by atoms with van der Waals surface area (Å²) >= 11 is 12.0. The summed E-state index contributed by atoms with van der Waals surface area (Å²) in [7, 11) is 0. The predicted octanol–water partition coefficient (Wildman–Crippen LogP) is 3.56. The van der Waals surface area contributed by atoms with Crippen molar-refractivity contribution in [3.63, 3.8) is 0 Å². The molecule has 3 N–H and O–H groups in total. The van der Waals surface area contributed by atoms with Gasteiger partial charge in [-0.3, -0.25) is 11.3 Å². The average Bonchev–Trinajstić information content (AvgIpc) is 3.11. The van der Waals surface area contributed by atoms with Crippen molar-refractivity contribution in [3.05, 3.63) is 33.8 Å². The van der Waals surface area contributed by atoms with Crippen molar-refractivity contribution < 1.29 is 0 Å². The minimum absolute atomic E-state index is 0.300. The van der Waals surface area contributed by atoms with E-state index in [9.17, 15) is 0 Å². The molecule has 1 unspecified atom stereocenters. The lowest BCUT2D eigenvalue weighted by Gasteiger charge is -2.16. The van der Waals surface area contributed by atoms with Crippen LogP contribution in [0, 0.1) is 5.92 Å². The van der Waals surface area contributed by atoms with Crippen LogP contribution in [0.2, 0.25) is 10.0 Å². The molecule has 17 heavy (non-hydrogen) atoms. The number of hydrogen-bond acceptors (Lipinski definition) is 2. The van der Waals surface area contributed by atoms with Gasteiger partial charge in [-0.15, -0.1) is 0 Å². The second kappa shape index (κ2) is 6.05. The van der Waals surface area contributed by atoms with Crippen LogP contribution in [0.5, 0.6) is 0 Å². The highest BCUT2D eigenvalue weighted by Crippen LogP contribution is 2.34. The Morgan fingerprint density at radius 3 is 2.71 bits per heavy atom. The molecule has 1 saturated carbocycles. The summed E-state index contributed by atoms with van der Waals surface area (Å²) in [5.41, 5.74) is 3.99. The summed E-state index contributed by atoms with van der Waals surface area (Å²) in [6.07, 6.45) is 6.01. The Labute approximate surface area is 112 Å². The van der Waals surface area contributed by atoms with E-state index >= 15 is 0 Å². The molecule has 1 aliphatic carbocycles. The number of halogens is 2. The molecule has 0 aromatic heterocycles. The fraction of sp³-hybridized carbons (Fsp3) is 0.538. The molecule has 4 heteroatoms. The predicted molar refractivity (Wildman–Crippen MR) is 73.2 cm³/mol. The topological polar surface area (TPSA) is 38.0 Å². The van der Waals surface area contributed by atoms with E-state index < -0.39 is 0 Å². The standard InChI is InChI=1S/C13H18Cl2N2/c14-11-5-4-10(13(15)8-11)7-12(17-16)6-3-9-1-2-9/h4-5,8-9,12,17H,1-3,6-7,16H2. The fourth-order valence-corrected chi connectivity index (χ4v) is 2.53. The van der Waals surface area contributed by atoms with Crippen molar-refractivity contribution in [2.45, 2.75) is 38.1 Å². The molecule has 1 aromatic carbocycles. The Balaban J connectivity index is 1.91. The lowest BCUT2D eigenvalue weighted by atomic mass is 10.0. The van der Waals surface area contributed by atoms with Crippen molar-refractivity contribution in [2.24, 2.45) is 11.8 Å². The fourth-order valence-electron chi connectivity index (χ4n) is 2.04. The Morgan fingerprint density at radius 2 is 2.12 bits per heavy atom. The lowest BCUT2D eigenvalue weighted by Crippen LogP contribution is -2.36. The molecule has 2 nitrogen and oxygen atoms in total. The molecule has 1 aromatic rings. The maximum atomic E-state index is 6.15. The van der Waals surface area contributed by atoms with Crippen LogP contribution < -0.4 is 11.3 Å². The minimum Gasteiger partial charge on any atom is -0.271 e. The van der Waals surface area contributed by atoms with Crippen LogP contribution in [0.3, 0.4) is 0 Å². The summed E-state index contributed by atoms with van der Waals surface area (Å²) in [4.78, 5) is 0. The highest BCUT2D eigenvalue weighted by Gasteiger charge is 2.22. The van der Waals surface area contributed by atoms with Crippen molar-refractivity contribution >= 4 is 23.2 Å². The van der Waals surface area contributed by atoms with Crippen molar-refractivity contribution in [3.8, 4) is 0 Å². The van der Waals surface area contributed by atoms with Crippen LogP contribution in [0.25, 0.3) is 0 Å². The molecule has 1 fully saturated rings. The Morgan fingerprint density at radius 1 is 1.35 bits per heavy atom. The molecule has 1 aliphatic rings. The van der Waals surface area contributed by atoms with Gasteiger partial charge in [0.2, 0.25) is 0 Å². The van der Waals surface area contributed by atoms with Gasteiger partial charge < -0.3 is 0 Å². The SMILES string of the molecule is NNC(CCC1CC1)Cc1ccc(Cl)cc1Cl. The molecule has 0 saturated heterocycles. The third kappa shape index (κ3) is 4.14. The van der Waals surface area contributed by atoms with E-state index in [0.717, 1.165) is 29.3 Å². The number of nitrogens with two attached hydrogens (primary N) is 1. The van der Waals surface area contributed by atoms with Crippen LogP contribution in [-0.2, 0) is 6.42 Å². The molecule has 0 bridgehead atoms. The second-order valence-corrected chi connectivity index (χ2v) is 5.67. The van der Waals surface area contributed by atoms with E-state index in [1.807, 2.05) is 12.1 Å². The molecule has 0 radical (unpaired) electrons. The van der Waals surface area contributed by atoms with Crippen LogP contribution in [-0.4, -0.2) is 6.04 Å². The van der Waals surface area contributed by atoms with Gasteiger partial charge in [0.05, 0.1) is 0 Å². The third-order valence-corrected chi connectivity index (χ3v) is 3.92. The van der Waals surface area contributed by atoms with Gasteiger partial charge in [-0.2, -0.15) is 0 Å². The molecule has 0 amide bonds. The quantitative estimate of drug-likeness (QED) is 0.614. The number of hydrogen-bond donors (Lipinski definition) is 2. The summed E-state index contributed by atoms with van der Waals surface area (Å²) in [6.45, 7) is 0. The van der Waals surface area contributed by atoms with Crippen LogP contribution in [0.4, 0.5) is 0 Å². The highest BCUT2D eigenvalue weighted by atomic mass is 35.5. The normalized spacial score (nSPS) is 17.1. The molecular weight excluding hydrogens is 255 g/mol. The average molecular weight is 273 g/mol. The van der Waals surface area contributed by atoms with E-state index in [1.165, 1.54) is 19.3 Å². The molecule has 0 aliphatic heterocycles. The number of hydrazine groups is 1. The molecule has 0 heterocycles. The zero-order chi connectivity index (χ0) is 12.3. The third-order valence-electron chi connectivity index (χ3n) is 3.34. The van der Waals surface area contributed by atoms with Gasteiger partial charge in [-0.05, 0) is 42.9 Å². The first kappa shape index (κ1) is 13.2. The first-order valence-electron chi connectivity index (χ1n) is 6.09. The van der Waals surface area contributed by atoms with Gasteiger partial charge in [-0.1, -0.05) is 42.1 Å². The molecule has 94 valence electrons. The van der Waals surface area contributed by atoms with Gasteiger partial charge in [0.15, 0.2) is 0 Å². The van der Waals surface area contributed by atoms with Gasteiger partial charge in [0, 0.05) is 16.1 Å². The largest absolute Gasteiger partial charge is 0.271 e. The van der Waals surface area contributed by atoms with Crippen LogP contribution >= 0.6 is 23.2 Å². The minimum atomic E-state index is 0.300. The summed E-state index contributed by atoms with van der Waals surface area (Å²) in [5, 5.41) is 1.40. The summed E-state index contributed by atoms with van der Waals surface area (Å²) in [6, 6.07) is 5.94. The van der Waals surface area contributed by atoms with Gasteiger partial charge >= 0.3 is 0 Å². The molecule has 2 rings (SSSR count). The van der Waals surface area contributed by atoms with E-state index in [4.69, 9.17) is 29.0 Å². The van der Waals surface area contributed by atoms with E-state index in [1.54, 1.807) is 6.07 Å². The smallest absolute Gasteiger partial charge is 0.0453 e. The molecule has 1 atom stereocenters.